The number of piperidine rings is 2. The molecule has 6 nitrogen and oxygen atoms in total. The van der Waals surface area contributed by atoms with Gasteiger partial charge in [0.15, 0.2) is 0 Å². The maximum Gasteiger partial charge on any atom is 0.337 e. The lowest BCUT2D eigenvalue weighted by Crippen LogP contribution is -2.52. The van der Waals surface area contributed by atoms with Crippen LogP contribution in [-0.4, -0.2) is 48.3 Å². The van der Waals surface area contributed by atoms with Gasteiger partial charge in [-0.25, -0.2) is 9.78 Å². The van der Waals surface area contributed by atoms with Crippen LogP contribution in [0.1, 0.15) is 29.6 Å². The van der Waals surface area contributed by atoms with E-state index >= 15 is 0 Å². The molecule has 2 aliphatic rings. The van der Waals surface area contributed by atoms with Crippen molar-refractivity contribution in [3.63, 3.8) is 0 Å². The van der Waals surface area contributed by atoms with E-state index in [4.69, 9.17) is 9.72 Å². The number of aryl methyl sites for hydroxylation is 1. The third-order valence-electron chi connectivity index (χ3n) is 5.45. The zero-order chi connectivity index (χ0) is 16.7. The molecular weight excluding hydrogens is 304 g/mol. The van der Waals surface area contributed by atoms with Crippen LogP contribution in [0.5, 0.6) is 0 Å². The van der Waals surface area contributed by atoms with Crippen LogP contribution in [0.25, 0.3) is 11.0 Å². The maximum atomic E-state index is 11.7. The minimum Gasteiger partial charge on any atom is -0.465 e. The second-order valence-corrected chi connectivity index (χ2v) is 6.86. The maximum absolute atomic E-state index is 11.7. The van der Waals surface area contributed by atoms with Crippen LogP contribution >= 0.6 is 0 Å². The van der Waals surface area contributed by atoms with E-state index in [2.05, 4.69) is 14.8 Å². The first-order chi connectivity index (χ1) is 11.7. The number of aromatic nitrogens is 2. The molecule has 0 spiro atoms. The first-order valence-electron chi connectivity index (χ1n) is 8.70. The fraction of sp³-hybridized carbons (Fsp3) is 0.556. The van der Waals surface area contributed by atoms with Crippen LogP contribution in [0.3, 0.4) is 0 Å². The average Bonchev–Trinajstić information content (AvgIpc) is 2.96. The Kier molecular flexibility index (Phi) is 3.92. The van der Waals surface area contributed by atoms with Gasteiger partial charge in [0, 0.05) is 26.2 Å². The van der Waals surface area contributed by atoms with E-state index in [-0.39, 0.29) is 5.97 Å². The van der Waals surface area contributed by atoms with Gasteiger partial charge in [0.25, 0.3) is 0 Å². The lowest BCUT2D eigenvalue weighted by atomic mass is 9.85. The van der Waals surface area contributed by atoms with Gasteiger partial charge in [0.2, 0.25) is 5.95 Å². The number of anilines is 1. The van der Waals surface area contributed by atoms with Gasteiger partial charge in [0.1, 0.15) is 0 Å². The fourth-order valence-electron chi connectivity index (χ4n) is 4.14. The van der Waals surface area contributed by atoms with Gasteiger partial charge in [-0.3, -0.25) is 0 Å². The highest BCUT2D eigenvalue weighted by Gasteiger charge is 2.32. The van der Waals surface area contributed by atoms with Crippen molar-refractivity contribution in [2.45, 2.75) is 25.3 Å². The molecule has 2 atom stereocenters. The molecule has 0 saturated carbocycles. The van der Waals surface area contributed by atoms with Gasteiger partial charge in [-0.15, -0.1) is 0 Å². The van der Waals surface area contributed by atoms with Crippen molar-refractivity contribution >= 4 is 23.0 Å². The van der Waals surface area contributed by atoms with Gasteiger partial charge in [0.05, 0.1) is 23.7 Å². The molecule has 2 aliphatic heterocycles. The van der Waals surface area contributed by atoms with Crippen molar-refractivity contribution in [3.8, 4) is 0 Å². The zero-order valence-corrected chi connectivity index (χ0v) is 14.3. The third-order valence-corrected chi connectivity index (χ3v) is 5.45. The van der Waals surface area contributed by atoms with E-state index in [0.29, 0.717) is 17.5 Å². The van der Waals surface area contributed by atoms with Crippen molar-refractivity contribution < 1.29 is 9.53 Å². The highest BCUT2D eigenvalue weighted by molar-refractivity contribution is 5.94. The summed E-state index contributed by atoms with van der Waals surface area (Å²) < 4.78 is 6.94. The number of fused-ring (bicyclic) bond motifs is 2. The molecule has 6 heteroatoms. The SMILES string of the molecule is COC(=O)c1ccc2c(c1)nc(N1CC[C@@H]3NCCC[C@@H]3C1)n2C. The molecule has 0 aliphatic carbocycles. The lowest BCUT2D eigenvalue weighted by molar-refractivity contribution is 0.0601. The zero-order valence-electron chi connectivity index (χ0n) is 14.3. The molecule has 2 fully saturated rings. The second kappa shape index (κ2) is 6.09. The predicted molar refractivity (Wildman–Crippen MR) is 93.4 cm³/mol. The molecule has 0 amide bonds. The molecule has 1 aromatic heterocycles. The number of imidazole rings is 1. The normalized spacial score (nSPS) is 24.0. The van der Waals surface area contributed by atoms with Gasteiger partial charge in [-0.2, -0.15) is 0 Å². The molecule has 1 aromatic carbocycles. The molecule has 24 heavy (non-hydrogen) atoms. The van der Waals surface area contributed by atoms with Crippen molar-refractivity contribution in [3.05, 3.63) is 23.8 Å². The number of carbonyl (C=O) groups is 1. The van der Waals surface area contributed by atoms with Gasteiger partial charge < -0.3 is 19.5 Å². The molecule has 4 rings (SSSR count). The Hall–Kier alpha value is -2.08. The molecule has 1 N–H and O–H groups in total. The fourth-order valence-corrected chi connectivity index (χ4v) is 4.14. The Balaban J connectivity index is 1.64. The first-order valence-corrected chi connectivity index (χ1v) is 8.70. The van der Waals surface area contributed by atoms with Crippen LogP contribution in [0, 0.1) is 5.92 Å². The predicted octanol–water partition coefficient (Wildman–Crippen LogP) is 1.94. The van der Waals surface area contributed by atoms with Crippen LogP contribution in [0.15, 0.2) is 18.2 Å². The quantitative estimate of drug-likeness (QED) is 0.854. The minimum absolute atomic E-state index is 0.321. The third kappa shape index (κ3) is 2.55. The van der Waals surface area contributed by atoms with E-state index in [0.717, 1.165) is 36.6 Å². The topological polar surface area (TPSA) is 59.4 Å². The summed E-state index contributed by atoms with van der Waals surface area (Å²) in [4.78, 5) is 18.9. The van der Waals surface area contributed by atoms with Crippen molar-refractivity contribution in [2.24, 2.45) is 13.0 Å². The molecule has 2 saturated heterocycles. The van der Waals surface area contributed by atoms with Crippen molar-refractivity contribution in [1.82, 2.24) is 14.9 Å². The molecule has 128 valence electrons. The van der Waals surface area contributed by atoms with Crippen LogP contribution in [0.4, 0.5) is 5.95 Å². The lowest BCUT2D eigenvalue weighted by Gasteiger charge is -2.42. The standard InChI is InChI=1S/C18H24N4O2/c1-21-16-6-5-12(17(23)24-2)10-15(16)20-18(21)22-9-7-14-13(11-22)4-3-8-19-14/h5-6,10,13-14,19H,3-4,7-9,11H2,1-2H3/t13-,14+/m1/s1. The molecule has 0 radical (unpaired) electrons. The Bertz CT molecular complexity index is 770. The smallest absolute Gasteiger partial charge is 0.337 e. The van der Waals surface area contributed by atoms with Gasteiger partial charge in [-0.05, 0) is 49.9 Å². The Labute approximate surface area is 141 Å². The minimum atomic E-state index is -0.321. The number of hydrogen-bond donors (Lipinski definition) is 1. The molecule has 0 unspecified atom stereocenters. The van der Waals surface area contributed by atoms with E-state index in [1.807, 2.05) is 19.2 Å². The summed E-state index contributed by atoms with van der Waals surface area (Å²) >= 11 is 0. The number of esters is 1. The summed E-state index contributed by atoms with van der Waals surface area (Å²) in [5.74, 6) is 1.38. The second-order valence-electron chi connectivity index (χ2n) is 6.86. The summed E-state index contributed by atoms with van der Waals surface area (Å²) in [5.41, 5.74) is 2.44. The number of nitrogens with one attached hydrogen (secondary N) is 1. The molecule has 0 bridgehead atoms. The van der Waals surface area contributed by atoms with Crippen LogP contribution < -0.4 is 10.2 Å². The van der Waals surface area contributed by atoms with Gasteiger partial charge >= 0.3 is 5.97 Å². The average molecular weight is 328 g/mol. The number of benzene rings is 1. The number of ether oxygens (including phenoxy) is 1. The first kappa shape index (κ1) is 15.4. The molecule has 3 heterocycles. The number of hydrogen-bond acceptors (Lipinski definition) is 5. The Morgan fingerprint density at radius 2 is 2.25 bits per heavy atom. The summed E-state index contributed by atoms with van der Waals surface area (Å²) in [5, 5.41) is 3.66. The molecular formula is C18H24N4O2. The van der Waals surface area contributed by atoms with Crippen molar-refractivity contribution in [2.75, 3.05) is 31.6 Å². The van der Waals surface area contributed by atoms with Gasteiger partial charge in [-0.1, -0.05) is 0 Å². The van der Waals surface area contributed by atoms with Crippen LogP contribution in [-0.2, 0) is 11.8 Å². The summed E-state index contributed by atoms with van der Waals surface area (Å²) in [7, 11) is 3.45. The monoisotopic (exact) mass is 328 g/mol. The highest BCUT2D eigenvalue weighted by Crippen LogP contribution is 2.30. The largest absolute Gasteiger partial charge is 0.465 e. The van der Waals surface area contributed by atoms with E-state index < -0.39 is 0 Å². The molecule has 2 aromatic rings. The number of rotatable bonds is 2. The van der Waals surface area contributed by atoms with E-state index in [1.165, 1.54) is 26.4 Å². The summed E-state index contributed by atoms with van der Waals surface area (Å²) in [6.45, 7) is 3.23. The summed E-state index contributed by atoms with van der Waals surface area (Å²) in [6, 6.07) is 6.24. The summed E-state index contributed by atoms with van der Waals surface area (Å²) in [6.07, 6.45) is 3.73. The number of methoxy groups -OCH3 is 1. The Morgan fingerprint density at radius 1 is 1.38 bits per heavy atom. The Morgan fingerprint density at radius 3 is 3.08 bits per heavy atom. The van der Waals surface area contributed by atoms with E-state index in [1.54, 1.807) is 6.07 Å². The van der Waals surface area contributed by atoms with E-state index in [9.17, 15) is 4.79 Å². The highest BCUT2D eigenvalue weighted by atomic mass is 16.5. The number of nitrogens with zero attached hydrogens (tertiary/aromatic N) is 3. The number of carbonyl (C=O) groups excluding carboxylic acids is 1. The van der Waals surface area contributed by atoms with Crippen LogP contribution in [0.2, 0.25) is 0 Å². The van der Waals surface area contributed by atoms with Crippen molar-refractivity contribution in [1.29, 1.82) is 0 Å².